The molecule has 0 bridgehead atoms. The molecule has 5 nitrogen and oxygen atoms in total. The van der Waals surface area contributed by atoms with Crippen molar-refractivity contribution in [1.29, 1.82) is 0 Å². The fraction of sp³-hybridized carbons (Fsp3) is 0.118. The molecule has 0 saturated carbocycles. The van der Waals surface area contributed by atoms with Crippen molar-refractivity contribution in [3.63, 3.8) is 0 Å². The molecule has 0 spiro atoms. The minimum Gasteiger partial charge on any atom is -0.317 e. The highest BCUT2D eigenvalue weighted by molar-refractivity contribution is 6.39. The van der Waals surface area contributed by atoms with Crippen LogP contribution in [0.3, 0.4) is 0 Å². The maximum Gasteiger partial charge on any atom is 0.329 e. The van der Waals surface area contributed by atoms with E-state index < -0.39 is 11.8 Å². The fourth-order valence-corrected chi connectivity index (χ4v) is 1.88. The van der Waals surface area contributed by atoms with Crippen LogP contribution in [0.4, 0.5) is 5.69 Å². The van der Waals surface area contributed by atoms with Gasteiger partial charge in [0.15, 0.2) is 0 Å². The summed E-state index contributed by atoms with van der Waals surface area (Å²) >= 11 is 0. The van der Waals surface area contributed by atoms with Gasteiger partial charge in [0.05, 0.1) is 6.21 Å². The largest absolute Gasteiger partial charge is 0.329 e. The van der Waals surface area contributed by atoms with Crippen molar-refractivity contribution in [1.82, 2.24) is 5.43 Å². The molecule has 0 aliphatic carbocycles. The molecule has 0 fully saturated rings. The Bertz CT molecular complexity index is 681. The van der Waals surface area contributed by atoms with Crippen LogP contribution < -0.4 is 10.7 Å². The zero-order valence-electron chi connectivity index (χ0n) is 12.2. The number of hydrazone groups is 1. The Labute approximate surface area is 129 Å². The van der Waals surface area contributed by atoms with E-state index in [1.807, 2.05) is 49.4 Å². The van der Waals surface area contributed by atoms with Crippen molar-refractivity contribution in [3.8, 4) is 0 Å². The minimum atomic E-state index is -0.807. The molecule has 0 aromatic heterocycles. The van der Waals surface area contributed by atoms with Crippen LogP contribution in [0.2, 0.25) is 0 Å². The fourth-order valence-electron chi connectivity index (χ4n) is 1.88. The van der Waals surface area contributed by atoms with Crippen LogP contribution in [0.25, 0.3) is 0 Å². The van der Waals surface area contributed by atoms with Crippen molar-refractivity contribution in [3.05, 3.63) is 65.7 Å². The van der Waals surface area contributed by atoms with Gasteiger partial charge in [0.1, 0.15) is 0 Å². The molecule has 2 aromatic rings. The van der Waals surface area contributed by atoms with Gasteiger partial charge >= 0.3 is 11.8 Å². The van der Waals surface area contributed by atoms with Crippen molar-refractivity contribution >= 4 is 23.7 Å². The summed E-state index contributed by atoms with van der Waals surface area (Å²) in [6, 6.07) is 16.6. The zero-order valence-corrected chi connectivity index (χ0v) is 12.2. The molecule has 2 aromatic carbocycles. The van der Waals surface area contributed by atoms with Crippen LogP contribution in [0.15, 0.2) is 59.7 Å². The number of carbonyl (C=O) groups excluding carboxylic acids is 2. The van der Waals surface area contributed by atoms with Crippen LogP contribution in [0, 0.1) is 0 Å². The van der Waals surface area contributed by atoms with Crippen LogP contribution in [0.1, 0.15) is 18.1 Å². The van der Waals surface area contributed by atoms with Gasteiger partial charge in [-0.05, 0) is 23.6 Å². The average molecular weight is 295 g/mol. The molecule has 2 N–H and O–H groups in total. The van der Waals surface area contributed by atoms with Gasteiger partial charge in [-0.3, -0.25) is 9.59 Å². The molecule has 0 aliphatic rings. The van der Waals surface area contributed by atoms with E-state index in [0.29, 0.717) is 5.69 Å². The Balaban J connectivity index is 1.92. The second kappa shape index (κ2) is 7.73. The molecule has 0 saturated heterocycles. The van der Waals surface area contributed by atoms with Crippen molar-refractivity contribution in [2.24, 2.45) is 5.10 Å². The van der Waals surface area contributed by atoms with Gasteiger partial charge in [0.2, 0.25) is 0 Å². The van der Waals surface area contributed by atoms with Crippen molar-refractivity contribution < 1.29 is 9.59 Å². The monoisotopic (exact) mass is 295 g/mol. The van der Waals surface area contributed by atoms with Gasteiger partial charge in [-0.25, -0.2) is 5.43 Å². The van der Waals surface area contributed by atoms with Crippen molar-refractivity contribution in [2.75, 3.05) is 5.32 Å². The quantitative estimate of drug-likeness (QED) is 0.516. The summed E-state index contributed by atoms with van der Waals surface area (Å²) in [4.78, 5) is 23.5. The number of hydrogen-bond donors (Lipinski definition) is 2. The second-order valence-corrected chi connectivity index (χ2v) is 4.57. The summed E-state index contributed by atoms with van der Waals surface area (Å²) in [7, 11) is 0. The lowest BCUT2D eigenvalue weighted by atomic mass is 10.1. The molecule has 0 radical (unpaired) electrons. The number of benzene rings is 2. The van der Waals surface area contributed by atoms with E-state index in [9.17, 15) is 9.59 Å². The first-order chi connectivity index (χ1) is 10.7. The SMILES string of the molecule is CCc1ccccc1NC(=O)C(=O)N/N=C/c1ccccc1. The Morgan fingerprint density at radius 1 is 1.00 bits per heavy atom. The van der Waals surface area contributed by atoms with Gasteiger partial charge in [0.25, 0.3) is 0 Å². The topological polar surface area (TPSA) is 70.6 Å². The van der Waals surface area contributed by atoms with Crippen LogP contribution >= 0.6 is 0 Å². The third-order valence-electron chi connectivity index (χ3n) is 3.03. The summed E-state index contributed by atoms with van der Waals surface area (Å²) in [6.45, 7) is 1.98. The highest BCUT2D eigenvalue weighted by atomic mass is 16.2. The first-order valence-corrected chi connectivity index (χ1v) is 6.98. The Morgan fingerprint density at radius 3 is 2.41 bits per heavy atom. The van der Waals surface area contributed by atoms with E-state index in [2.05, 4.69) is 15.8 Å². The summed E-state index contributed by atoms with van der Waals surface area (Å²) in [5, 5.41) is 6.35. The Kier molecular flexibility index (Phi) is 5.43. The molecule has 0 unspecified atom stereocenters. The van der Waals surface area contributed by atoms with E-state index in [1.54, 1.807) is 12.1 Å². The van der Waals surface area contributed by atoms with Gasteiger partial charge in [-0.2, -0.15) is 5.10 Å². The first-order valence-electron chi connectivity index (χ1n) is 6.98. The van der Waals surface area contributed by atoms with E-state index in [4.69, 9.17) is 0 Å². The zero-order chi connectivity index (χ0) is 15.8. The summed E-state index contributed by atoms with van der Waals surface area (Å²) < 4.78 is 0. The molecular formula is C17H17N3O2. The van der Waals surface area contributed by atoms with E-state index in [0.717, 1.165) is 17.5 Å². The summed E-state index contributed by atoms with van der Waals surface area (Å²) in [5.74, 6) is -1.55. The molecule has 112 valence electrons. The number of amides is 2. The van der Waals surface area contributed by atoms with E-state index in [1.165, 1.54) is 6.21 Å². The highest BCUT2D eigenvalue weighted by Gasteiger charge is 2.13. The standard InChI is InChI=1S/C17H17N3O2/c1-2-14-10-6-7-11-15(14)19-16(21)17(22)20-18-12-13-8-4-3-5-9-13/h3-12H,2H2,1H3,(H,19,21)(H,20,22)/b18-12+. The van der Waals surface area contributed by atoms with Crippen LogP contribution in [-0.4, -0.2) is 18.0 Å². The summed E-state index contributed by atoms with van der Waals surface area (Å²) in [6.07, 6.45) is 2.25. The minimum absolute atomic E-state index is 0.636. The van der Waals surface area contributed by atoms with Crippen LogP contribution in [-0.2, 0) is 16.0 Å². The lowest BCUT2D eigenvalue weighted by Crippen LogP contribution is -2.32. The number of nitrogens with one attached hydrogen (secondary N) is 2. The normalized spacial score (nSPS) is 10.4. The van der Waals surface area contributed by atoms with Gasteiger partial charge < -0.3 is 5.32 Å². The lowest BCUT2D eigenvalue weighted by molar-refractivity contribution is -0.136. The number of nitrogens with zero attached hydrogens (tertiary/aromatic N) is 1. The van der Waals surface area contributed by atoms with Crippen molar-refractivity contribution in [2.45, 2.75) is 13.3 Å². The predicted octanol–water partition coefficient (Wildman–Crippen LogP) is 2.34. The van der Waals surface area contributed by atoms with Crippen LogP contribution in [0.5, 0.6) is 0 Å². The Hall–Kier alpha value is -2.95. The Morgan fingerprint density at radius 2 is 1.68 bits per heavy atom. The van der Waals surface area contributed by atoms with Gasteiger partial charge in [0, 0.05) is 5.69 Å². The lowest BCUT2D eigenvalue weighted by Gasteiger charge is -2.08. The number of rotatable bonds is 4. The smallest absolute Gasteiger partial charge is 0.317 e. The molecule has 22 heavy (non-hydrogen) atoms. The number of anilines is 1. The summed E-state index contributed by atoms with van der Waals surface area (Å²) in [5.41, 5.74) is 4.65. The molecule has 0 atom stereocenters. The van der Waals surface area contributed by atoms with Gasteiger partial charge in [-0.1, -0.05) is 55.5 Å². The molecule has 5 heteroatoms. The maximum absolute atomic E-state index is 11.8. The number of aryl methyl sites for hydroxylation is 1. The number of para-hydroxylation sites is 1. The number of hydrogen-bond acceptors (Lipinski definition) is 3. The second-order valence-electron chi connectivity index (χ2n) is 4.57. The third-order valence-corrected chi connectivity index (χ3v) is 3.03. The molecule has 2 amide bonds. The maximum atomic E-state index is 11.8. The average Bonchev–Trinajstić information content (AvgIpc) is 2.56. The molecule has 0 aliphatic heterocycles. The first kappa shape index (κ1) is 15.4. The predicted molar refractivity (Wildman–Crippen MR) is 86.6 cm³/mol. The van der Waals surface area contributed by atoms with Gasteiger partial charge in [-0.15, -0.1) is 0 Å². The molecule has 2 rings (SSSR count). The number of carbonyl (C=O) groups is 2. The van der Waals surface area contributed by atoms with E-state index in [-0.39, 0.29) is 0 Å². The van der Waals surface area contributed by atoms with E-state index >= 15 is 0 Å². The molecule has 0 heterocycles. The highest BCUT2D eigenvalue weighted by Crippen LogP contribution is 2.14. The molecular weight excluding hydrogens is 278 g/mol. The third kappa shape index (κ3) is 4.28.